The van der Waals surface area contributed by atoms with Gasteiger partial charge >= 0.3 is 0 Å². The highest BCUT2D eigenvalue weighted by Crippen LogP contribution is 2.38. The number of piperidine rings is 1. The van der Waals surface area contributed by atoms with Crippen LogP contribution < -0.4 is 5.32 Å². The zero-order valence-electron chi connectivity index (χ0n) is 11.8. The third-order valence-corrected chi connectivity index (χ3v) is 4.76. The van der Waals surface area contributed by atoms with Gasteiger partial charge in [-0.25, -0.2) is 0 Å². The van der Waals surface area contributed by atoms with Crippen LogP contribution >= 0.6 is 0 Å². The van der Waals surface area contributed by atoms with E-state index in [2.05, 4.69) is 30.1 Å². The van der Waals surface area contributed by atoms with Crippen LogP contribution in [0.15, 0.2) is 0 Å². The molecule has 0 saturated carbocycles. The minimum Gasteiger partial charge on any atom is -0.302 e. The lowest BCUT2D eigenvalue weighted by atomic mass is 9.74. The maximum absolute atomic E-state index is 9.17. The summed E-state index contributed by atoms with van der Waals surface area (Å²) < 4.78 is 0. The van der Waals surface area contributed by atoms with E-state index in [0.29, 0.717) is 5.41 Å². The van der Waals surface area contributed by atoms with Crippen molar-refractivity contribution in [2.45, 2.75) is 52.0 Å². The molecule has 0 radical (unpaired) electrons. The molecule has 0 spiro atoms. The number of likely N-dealkylation sites (tertiary alicyclic amines) is 1. The molecule has 98 valence electrons. The van der Waals surface area contributed by atoms with E-state index in [4.69, 9.17) is 0 Å². The highest BCUT2D eigenvalue weighted by Gasteiger charge is 2.33. The average molecular weight is 237 g/mol. The molecule has 0 aromatic rings. The summed E-state index contributed by atoms with van der Waals surface area (Å²) in [5, 5.41) is 12.3. The topological polar surface area (TPSA) is 39.1 Å². The Kier molecular flexibility index (Phi) is 4.97. The first kappa shape index (κ1) is 14.5. The van der Waals surface area contributed by atoms with E-state index in [-0.39, 0.29) is 0 Å². The van der Waals surface area contributed by atoms with Gasteiger partial charge < -0.3 is 10.2 Å². The Balaban J connectivity index is 2.51. The van der Waals surface area contributed by atoms with Crippen molar-refractivity contribution in [3.05, 3.63) is 0 Å². The lowest BCUT2D eigenvalue weighted by molar-refractivity contribution is 0.0839. The molecule has 1 aliphatic heterocycles. The van der Waals surface area contributed by atoms with Crippen LogP contribution in [0.2, 0.25) is 0 Å². The van der Waals surface area contributed by atoms with Gasteiger partial charge in [0.25, 0.3) is 0 Å². The Labute approximate surface area is 106 Å². The molecule has 0 aromatic heterocycles. The zero-order chi connectivity index (χ0) is 12.9. The Morgan fingerprint density at radius 2 is 1.82 bits per heavy atom. The molecule has 1 N–H and O–H groups in total. The van der Waals surface area contributed by atoms with Crippen LogP contribution in [-0.2, 0) is 0 Å². The molecule has 1 fully saturated rings. The first-order chi connectivity index (χ1) is 8.03. The maximum Gasteiger partial charge on any atom is 0.116 e. The largest absolute Gasteiger partial charge is 0.302 e. The summed E-state index contributed by atoms with van der Waals surface area (Å²) >= 11 is 0. The monoisotopic (exact) mass is 237 g/mol. The highest BCUT2D eigenvalue weighted by atomic mass is 15.2. The molecule has 0 amide bonds. The van der Waals surface area contributed by atoms with Crippen molar-refractivity contribution in [1.29, 1.82) is 5.26 Å². The average Bonchev–Trinajstić information content (AvgIpc) is 2.40. The molecular weight excluding hydrogens is 210 g/mol. The number of nitrogens with zero attached hydrogens (tertiary/aromatic N) is 2. The summed E-state index contributed by atoms with van der Waals surface area (Å²) in [4.78, 5) is 2.43. The lowest BCUT2D eigenvalue weighted by Gasteiger charge is -2.42. The van der Waals surface area contributed by atoms with Crippen molar-refractivity contribution in [3.8, 4) is 6.07 Å². The van der Waals surface area contributed by atoms with Gasteiger partial charge in [-0.2, -0.15) is 5.26 Å². The Bertz CT molecular complexity index is 268. The summed E-state index contributed by atoms with van der Waals surface area (Å²) in [5.41, 5.74) is 0.164. The van der Waals surface area contributed by atoms with Gasteiger partial charge in [0.2, 0.25) is 0 Å². The summed E-state index contributed by atoms with van der Waals surface area (Å²) in [5.74, 6) is 0. The predicted octanol–water partition coefficient (Wildman–Crippen LogP) is 2.39. The van der Waals surface area contributed by atoms with Crippen molar-refractivity contribution >= 4 is 0 Å². The molecule has 0 aliphatic carbocycles. The van der Waals surface area contributed by atoms with Gasteiger partial charge in [0.05, 0.1) is 6.07 Å². The molecule has 3 nitrogen and oxygen atoms in total. The van der Waals surface area contributed by atoms with Crippen molar-refractivity contribution in [2.75, 3.05) is 26.7 Å². The second kappa shape index (κ2) is 5.84. The van der Waals surface area contributed by atoms with Crippen LogP contribution in [-0.4, -0.2) is 37.1 Å². The third kappa shape index (κ3) is 3.43. The summed E-state index contributed by atoms with van der Waals surface area (Å²) in [6, 6.07) is 2.37. The van der Waals surface area contributed by atoms with E-state index >= 15 is 0 Å². The smallest absolute Gasteiger partial charge is 0.116 e. The van der Waals surface area contributed by atoms with Crippen LogP contribution in [0.5, 0.6) is 0 Å². The number of hydrogen-bond donors (Lipinski definition) is 1. The molecule has 0 aromatic carbocycles. The quantitative estimate of drug-likeness (QED) is 0.798. The van der Waals surface area contributed by atoms with Crippen LogP contribution in [0.4, 0.5) is 0 Å². The fraction of sp³-hybridized carbons (Fsp3) is 0.929. The molecule has 0 bridgehead atoms. The number of hydrogen-bond acceptors (Lipinski definition) is 3. The molecule has 1 atom stereocenters. The molecule has 1 heterocycles. The fourth-order valence-corrected chi connectivity index (χ4v) is 2.76. The SMILES string of the molecule is CCC1(CC)CCN(CC(C)(C#N)NC)CC1. The van der Waals surface area contributed by atoms with E-state index in [1.807, 2.05) is 14.0 Å². The molecule has 1 rings (SSSR count). The minimum atomic E-state index is -0.404. The summed E-state index contributed by atoms with van der Waals surface area (Å²) in [7, 11) is 1.87. The van der Waals surface area contributed by atoms with E-state index in [1.165, 1.54) is 25.7 Å². The van der Waals surface area contributed by atoms with E-state index < -0.39 is 5.54 Å². The van der Waals surface area contributed by atoms with E-state index in [1.54, 1.807) is 0 Å². The fourth-order valence-electron chi connectivity index (χ4n) is 2.76. The second-order valence-electron chi connectivity index (χ2n) is 5.68. The zero-order valence-corrected chi connectivity index (χ0v) is 11.8. The Hall–Kier alpha value is -0.590. The third-order valence-electron chi connectivity index (χ3n) is 4.76. The van der Waals surface area contributed by atoms with Crippen LogP contribution in [0.3, 0.4) is 0 Å². The van der Waals surface area contributed by atoms with Crippen molar-refractivity contribution in [3.63, 3.8) is 0 Å². The van der Waals surface area contributed by atoms with E-state index in [9.17, 15) is 5.26 Å². The van der Waals surface area contributed by atoms with Gasteiger partial charge in [-0.3, -0.25) is 0 Å². The van der Waals surface area contributed by atoms with Crippen LogP contribution in [0.25, 0.3) is 0 Å². The summed E-state index contributed by atoms with van der Waals surface area (Å²) in [6.45, 7) is 9.72. The van der Waals surface area contributed by atoms with Crippen LogP contribution in [0.1, 0.15) is 46.5 Å². The molecule has 1 saturated heterocycles. The number of likely N-dealkylation sites (N-methyl/N-ethyl adjacent to an activating group) is 1. The number of rotatable bonds is 5. The highest BCUT2D eigenvalue weighted by molar-refractivity contribution is 5.05. The predicted molar refractivity (Wildman–Crippen MR) is 71.8 cm³/mol. The van der Waals surface area contributed by atoms with Crippen molar-refractivity contribution in [2.24, 2.45) is 5.41 Å². The molecule has 3 heteroatoms. The van der Waals surface area contributed by atoms with E-state index in [0.717, 1.165) is 19.6 Å². The first-order valence-corrected chi connectivity index (χ1v) is 6.85. The molecular formula is C14H27N3. The standard InChI is InChI=1S/C14H27N3/c1-5-14(6-2)7-9-17(10-8-14)12-13(3,11-15)16-4/h16H,5-10,12H2,1-4H3. The second-order valence-corrected chi connectivity index (χ2v) is 5.68. The number of nitrogens with one attached hydrogen (secondary N) is 1. The Morgan fingerprint density at radius 1 is 1.29 bits per heavy atom. The Morgan fingerprint density at radius 3 is 2.18 bits per heavy atom. The lowest BCUT2D eigenvalue weighted by Crippen LogP contribution is -2.51. The van der Waals surface area contributed by atoms with Crippen molar-refractivity contribution < 1.29 is 0 Å². The normalized spacial score (nSPS) is 23.9. The van der Waals surface area contributed by atoms with Crippen molar-refractivity contribution in [1.82, 2.24) is 10.2 Å². The van der Waals surface area contributed by atoms with Crippen LogP contribution in [0, 0.1) is 16.7 Å². The first-order valence-electron chi connectivity index (χ1n) is 6.85. The van der Waals surface area contributed by atoms with Gasteiger partial charge in [-0.1, -0.05) is 26.7 Å². The van der Waals surface area contributed by atoms with Gasteiger partial charge in [-0.05, 0) is 45.3 Å². The van der Waals surface area contributed by atoms with Gasteiger partial charge in [0, 0.05) is 6.54 Å². The summed E-state index contributed by atoms with van der Waals surface area (Å²) in [6.07, 6.45) is 5.15. The van der Waals surface area contributed by atoms with Gasteiger partial charge in [0.15, 0.2) is 0 Å². The maximum atomic E-state index is 9.17. The minimum absolute atomic E-state index is 0.404. The molecule has 17 heavy (non-hydrogen) atoms. The molecule has 1 aliphatic rings. The van der Waals surface area contributed by atoms with Gasteiger partial charge in [-0.15, -0.1) is 0 Å². The molecule has 1 unspecified atom stereocenters. The number of nitriles is 1. The van der Waals surface area contributed by atoms with Gasteiger partial charge in [0.1, 0.15) is 5.54 Å².